The first kappa shape index (κ1) is 15.9. The third-order valence-electron chi connectivity index (χ3n) is 5.00. The molecular formula is C17H20F2N2O2. The fourth-order valence-electron chi connectivity index (χ4n) is 3.44. The molecule has 6 heteroatoms. The largest absolute Gasteiger partial charge is 0.356 e. The van der Waals surface area contributed by atoms with Crippen LogP contribution in [-0.2, 0) is 15.0 Å². The number of carbonyl (C=O) groups excluding carboxylic acids is 2. The van der Waals surface area contributed by atoms with Gasteiger partial charge in [0.25, 0.3) is 0 Å². The number of benzene rings is 1. The Balaban J connectivity index is 1.72. The zero-order chi connectivity index (χ0) is 16.4. The van der Waals surface area contributed by atoms with Gasteiger partial charge in [0.05, 0.1) is 11.3 Å². The zero-order valence-electron chi connectivity index (χ0n) is 12.8. The summed E-state index contributed by atoms with van der Waals surface area (Å²) in [6.07, 6.45) is 3.54. The van der Waals surface area contributed by atoms with Crippen molar-refractivity contribution in [1.29, 1.82) is 0 Å². The fraction of sp³-hybridized carbons (Fsp3) is 0.529. The van der Waals surface area contributed by atoms with Gasteiger partial charge in [-0.3, -0.25) is 9.59 Å². The first-order valence-corrected chi connectivity index (χ1v) is 8.04. The molecule has 1 aliphatic carbocycles. The molecule has 124 valence electrons. The number of rotatable bonds is 4. The number of halogens is 2. The molecule has 1 aromatic carbocycles. The highest BCUT2D eigenvalue weighted by atomic mass is 19.1. The van der Waals surface area contributed by atoms with Gasteiger partial charge in [-0.2, -0.15) is 0 Å². The standard InChI is InChI=1S/C17H20F2N2O2/c18-12-4-5-13(14(19)9-12)17(6-2-7-17)16(23)21-10-11-3-1-8-20-15(11)22/h4-5,9,11H,1-3,6-8,10H2,(H,20,22)(H,21,23)/t11-/m1/s1. The topological polar surface area (TPSA) is 58.2 Å². The van der Waals surface area contributed by atoms with Crippen LogP contribution in [0.5, 0.6) is 0 Å². The average molecular weight is 322 g/mol. The first-order valence-electron chi connectivity index (χ1n) is 8.04. The summed E-state index contributed by atoms with van der Waals surface area (Å²) in [6, 6.07) is 3.36. The normalized spacial score (nSPS) is 22.9. The van der Waals surface area contributed by atoms with Crippen molar-refractivity contribution in [1.82, 2.24) is 10.6 Å². The van der Waals surface area contributed by atoms with Crippen LogP contribution in [-0.4, -0.2) is 24.9 Å². The maximum atomic E-state index is 14.1. The molecule has 1 aliphatic heterocycles. The summed E-state index contributed by atoms with van der Waals surface area (Å²) in [4.78, 5) is 24.4. The van der Waals surface area contributed by atoms with Gasteiger partial charge >= 0.3 is 0 Å². The molecule has 1 heterocycles. The number of amides is 2. The Morgan fingerprint density at radius 1 is 1.30 bits per heavy atom. The fourth-order valence-corrected chi connectivity index (χ4v) is 3.44. The zero-order valence-corrected chi connectivity index (χ0v) is 12.8. The molecule has 0 unspecified atom stereocenters. The van der Waals surface area contributed by atoms with Crippen molar-refractivity contribution >= 4 is 11.8 Å². The van der Waals surface area contributed by atoms with E-state index in [1.165, 1.54) is 12.1 Å². The quantitative estimate of drug-likeness (QED) is 0.891. The van der Waals surface area contributed by atoms with Crippen LogP contribution in [0.15, 0.2) is 18.2 Å². The molecule has 1 saturated heterocycles. The van der Waals surface area contributed by atoms with E-state index in [9.17, 15) is 18.4 Å². The van der Waals surface area contributed by atoms with Crippen molar-refractivity contribution in [2.24, 2.45) is 5.92 Å². The Kier molecular flexibility index (Phi) is 4.33. The van der Waals surface area contributed by atoms with Crippen molar-refractivity contribution in [2.75, 3.05) is 13.1 Å². The molecule has 3 rings (SSSR count). The van der Waals surface area contributed by atoms with Gasteiger partial charge in [0.1, 0.15) is 11.6 Å². The maximum absolute atomic E-state index is 14.1. The highest BCUT2D eigenvalue weighted by Gasteiger charge is 2.47. The molecule has 0 radical (unpaired) electrons. The van der Waals surface area contributed by atoms with Crippen molar-refractivity contribution in [3.05, 3.63) is 35.4 Å². The number of piperidine rings is 1. The van der Waals surface area contributed by atoms with E-state index in [1.807, 2.05) is 0 Å². The lowest BCUT2D eigenvalue weighted by Gasteiger charge is -2.41. The van der Waals surface area contributed by atoms with E-state index in [4.69, 9.17) is 0 Å². The summed E-state index contributed by atoms with van der Waals surface area (Å²) >= 11 is 0. The predicted octanol–water partition coefficient (Wildman–Crippen LogP) is 2.03. The van der Waals surface area contributed by atoms with Crippen LogP contribution in [0.25, 0.3) is 0 Å². The number of nitrogens with one attached hydrogen (secondary N) is 2. The highest BCUT2D eigenvalue weighted by Crippen LogP contribution is 2.45. The van der Waals surface area contributed by atoms with Crippen molar-refractivity contribution in [3.8, 4) is 0 Å². The number of carbonyl (C=O) groups is 2. The molecule has 0 spiro atoms. The summed E-state index contributed by atoms with van der Waals surface area (Å²) in [5.74, 6) is -1.89. The van der Waals surface area contributed by atoms with Gasteiger partial charge in [-0.1, -0.05) is 12.5 Å². The molecule has 0 aromatic heterocycles. The van der Waals surface area contributed by atoms with Crippen LogP contribution < -0.4 is 10.6 Å². The summed E-state index contributed by atoms with van der Waals surface area (Å²) in [6.45, 7) is 0.934. The average Bonchev–Trinajstić information content (AvgIpc) is 2.47. The Bertz CT molecular complexity index is 629. The molecule has 23 heavy (non-hydrogen) atoms. The van der Waals surface area contributed by atoms with E-state index in [2.05, 4.69) is 10.6 Å². The van der Waals surface area contributed by atoms with Crippen LogP contribution in [0.4, 0.5) is 8.78 Å². The van der Waals surface area contributed by atoms with Gasteiger partial charge in [-0.05, 0) is 31.7 Å². The summed E-state index contributed by atoms with van der Waals surface area (Å²) in [5.41, 5.74) is -0.682. The minimum absolute atomic E-state index is 0.0489. The Labute approximate surface area is 133 Å². The minimum atomic E-state index is -0.928. The third-order valence-corrected chi connectivity index (χ3v) is 5.00. The van der Waals surface area contributed by atoms with Gasteiger partial charge in [0.2, 0.25) is 11.8 Å². The van der Waals surface area contributed by atoms with E-state index in [1.54, 1.807) is 0 Å². The van der Waals surface area contributed by atoms with Crippen LogP contribution in [0, 0.1) is 17.6 Å². The number of hydrogen-bond acceptors (Lipinski definition) is 2. The molecule has 4 nitrogen and oxygen atoms in total. The first-order chi connectivity index (χ1) is 11.0. The Morgan fingerprint density at radius 2 is 2.09 bits per heavy atom. The van der Waals surface area contributed by atoms with Crippen LogP contribution in [0.2, 0.25) is 0 Å². The van der Waals surface area contributed by atoms with E-state index >= 15 is 0 Å². The maximum Gasteiger partial charge on any atom is 0.230 e. The molecule has 0 bridgehead atoms. The van der Waals surface area contributed by atoms with Gasteiger partial charge in [0.15, 0.2) is 0 Å². The molecule has 1 aromatic rings. The lowest BCUT2D eigenvalue weighted by Crippen LogP contribution is -2.52. The van der Waals surface area contributed by atoms with Crippen LogP contribution >= 0.6 is 0 Å². The second-order valence-corrected chi connectivity index (χ2v) is 6.40. The molecule has 2 amide bonds. The summed E-state index contributed by atoms with van der Waals surface area (Å²) < 4.78 is 27.2. The summed E-state index contributed by atoms with van der Waals surface area (Å²) in [7, 11) is 0. The monoisotopic (exact) mass is 322 g/mol. The van der Waals surface area contributed by atoms with Gasteiger partial charge in [0, 0.05) is 24.7 Å². The second kappa shape index (κ2) is 6.26. The van der Waals surface area contributed by atoms with Crippen molar-refractivity contribution in [3.63, 3.8) is 0 Å². The smallest absolute Gasteiger partial charge is 0.230 e. The van der Waals surface area contributed by atoms with Crippen molar-refractivity contribution in [2.45, 2.75) is 37.5 Å². The molecule has 1 atom stereocenters. The molecule has 1 saturated carbocycles. The minimum Gasteiger partial charge on any atom is -0.356 e. The third kappa shape index (κ3) is 2.94. The Morgan fingerprint density at radius 3 is 2.70 bits per heavy atom. The van der Waals surface area contributed by atoms with E-state index in [0.29, 0.717) is 19.4 Å². The van der Waals surface area contributed by atoms with Gasteiger partial charge in [-0.25, -0.2) is 8.78 Å². The molecule has 2 fully saturated rings. The molecule has 2 aliphatic rings. The van der Waals surface area contributed by atoms with E-state index < -0.39 is 17.0 Å². The second-order valence-electron chi connectivity index (χ2n) is 6.40. The highest BCUT2D eigenvalue weighted by molar-refractivity contribution is 5.90. The van der Waals surface area contributed by atoms with Gasteiger partial charge < -0.3 is 10.6 Å². The van der Waals surface area contributed by atoms with E-state index in [0.717, 1.165) is 25.3 Å². The van der Waals surface area contributed by atoms with Crippen molar-refractivity contribution < 1.29 is 18.4 Å². The van der Waals surface area contributed by atoms with Crippen LogP contribution in [0.1, 0.15) is 37.7 Å². The van der Waals surface area contributed by atoms with Crippen LogP contribution in [0.3, 0.4) is 0 Å². The lowest BCUT2D eigenvalue weighted by atomic mass is 9.63. The Hall–Kier alpha value is -1.98. The SMILES string of the molecule is O=C1NCCC[C@@H]1CNC(=O)C1(c2ccc(F)cc2F)CCC1. The molecule has 2 N–H and O–H groups in total. The van der Waals surface area contributed by atoms with Gasteiger partial charge in [-0.15, -0.1) is 0 Å². The van der Waals surface area contributed by atoms with E-state index in [-0.39, 0.29) is 29.8 Å². The summed E-state index contributed by atoms with van der Waals surface area (Å²) in [5, 5.41) is 5.58. The number of hydrogen-bond donors (Lipinski definition) is 2. The lowest BCUT2D eigenvalue weighted by molar-refractivity contribution is -0.131. The molecular weight excluding hydrogens is 302 g/mol. The predicted molar refractivity (Wildman–Crippen MR) is 80.6 cm³/mol.